The van der Waals surface area contributed by atoms with Crippen LogP contribution in [0.3, 0.4) is 0 Å². The molecule has 56 heavy (non-hydrogen) atoms. The average Bonchev–Trinajstić information content (AvgIpc) is 3.76. The van der Waals surface area contributed by atoms with E-state index < -0.39 is 8.07 Å². The lowest BCUT2D eigenvalue weighted by Gasteiger charge is -2.17. The second-order valence-corrected chi connectivity index (χ2v) is 20.5. The van der Waals surface area contributed by atoms with E-state index in [2.05, 4.69) is 155 Å². The third-order valence-electron chi connectivity index (χ3n) is 10.9. The largest absolute Gasteiger partial charge is 0.309 e. The van der Waals surface area contributed by atoms with E-state index in [1.807, 2.05) is 48.5 Å². The van der Waals surface area contributed by atoms with Crippen molar-refractivity contribution in [1.82, 2.24) is 19.1 Å². The smallest absolute Gasteiger partial charge is 0.187 e. The molecule has 0 aliphatic heterocycles. The first-order valence-corrected chi connectivity index (χ1v) is 22.4. The molecule has 0 radical (unpaired) electrons. The minimum absolute atomic E-state index is 0.582. The van der Waals surface area contributed by atoms with E-state index in [0.29, 0.717) is 11.5 Å². The Balaban J connectivity index is 1.14. The predicted octanol–water partition coefficient (Wildman–Crippen LogP) is 12.8. The molecule has 10 rings (SSSR count). The van der Waals surface area contributed by atoms with Gasteiger partial charge in [0.05, 0.1) is 48.1 Å². The summed E-state index contributed by atoms with van der Waals surface area (Å²) in [6, 6.07) is 59.8. The molecule has 3 heterocycles. The van der Waals surface area contributed by atoms with Gasteiger partial charge in [0.15, 0.2) is 11.5 Å². The summed E-state index contributed by atoms with van der Waals surface area (Å²) in [5, 5.41) is 6.45. The molecule has 10 aromatic rings. The van der Waals surface area contributed by atoms with Crippen LogP contribution in [-0.2, 0) is 0 Å². The van der Waals surface area contributed by atoms with Gasteiger partial charge < -0.3 is 9.13 Å². The number of hydrogen-bond acceptors (Lipinski definition) is 2. The van der Waals surface area contributed by atoms with E-state index in [0.717, 1.165) is 45.0 Å². The van der Waals surface area contributed by atoms with E-state index >= 15 is 0 Å². The highest BCUT2D eigenvalue weighted by atomic mass is 28.3. The Kier molecular flexibility index (Phi) is 7.81. The van der Waals surface area contributed by atoms with E-state index in [1.54, 1.807) is 0 Å². The van der Waals surface area contributed by atoms with Crippen LogP contribution in [0.5, 0.6) is 0 Å². The van der Waals surface area contributed by atoms with Gasteiger partial charge in [-0.2, -0.15) is 0 Å². The molecule has 0 amide bonds. The Labute approximate surface area is 326 Å². The molecule has 0 bridgehead atoms. The number of aromatic nitrogens is 4. The quantitative estimate of drug-likeness (QED) is 0.126. The van der Waals surface area contributed by atoms with Crippen LogP contribution < -0.4 is 5.19 Å². The molecule has 0 aliphatic rings. The lowest BCUT2D eigenvalue weighted by atomic mass is 10.1. The molecular weight excluding hydrogens is 699 g/mol. The molecule has 6 heteroatoms. The molecule has 0 spiro atoms. The molecule has 266 valence electrons. The highest BCUT2D eigenvalue weighted by molar-refractivity contribution is 6.88. The number of rotatable bonds is 6. The van der Waals surface area contributed by atoms with Gasteiger partial charge in [-0.25, -0.2) is 14.8 Å². The maximum Gasteiger partial charge on any atom is 0.187 e. The van der Waals surface area contributed by atoms with Gasteiger partial charge in [0, 0.05) is 44.0 Å². The van der Waals surface area contributed by atoms with Gasteiger partial charge in [-0.05, 0) is 78.4 Å². The van der Waals surface area contributed by atoms with Crippen molar-refractivity contribution in [2.24, 2.45) is 0 Å². The van der Waals surface area contributed by atoms with Gasteiger partial charge in [-0.1, -0.05) is 122 Å². The molecule has 0 N–H and O–H groups in total. The average molecular weight is 736 g/mol. The number of nitrogens with zero attached hydrogens (tertiary/aromatic N) is 5. The minimum atomic E-state index is -1.60. The first-order chi connectivity index (χ1) is 27.3. The highest BCUT2D eigenvalue weighted by Crippen LogP contribution is 2.37. The molecule has 0 saturated carbocycles. The second kappa shape index (κ2) is 13.1. The fourth-order valence-electron chi connectivity index (χ4n) is 8.07. The normalized spacial score (nSPS) is 11.8. The summed E-state index contributed by atoms with van der Waals surface area (Å²) in [7, 11) is -1.60. The summed E-state index contributed by atoms with van der Waals surface area (Å²) in [5.41, 5.74) is 12.0. The molecule has 0 aliphatic carbocycles. The fraction of sp³-hybridized carbons (Fsp3) is 0.0600. The van der Waals surface area contributed by atoms with Crippen LogP contribution in [0.1, 0.15) is 0 Å². The summed E-state index contributed by atoms with van der Waals surface area (Å²) in [5.74, 6) is 0.638. The SMILES string of the molecule is [C-]#[N+]c1cccc(-c2cc(-c3ccccc3)nc(-c3ccc(-n4c5ccc(-n6c7ccccc7c7ccccc76)cc5c5cc([Si](C)(C)C)ccc54)cc3)n2)c1. The van der Waals surface area contributed by atoms with Crippen LogP contribution in [0, 0.1) is 6.57 Å². The Hall–Kier alpha value is -7.07. The van der Waals surface area contributed by atoms with E-state index in [4.69, 9.17) is 16.5 Å². The summed E-state index contributed by atoms with van der Waals surface area (Å²) >= 11 is 0. The van der Waals surface area contributed by atoms with Gasteiger partial charge in [-0.15, -0.1) is 0 Å². The minimum Gasteiger partial charge on any atom is -0.309 e. The van der Waals surface area contributed by atoms with Crippen molar-refractivity contribution in [3.8, 4) is 45.3 Å². The van der Waals surface area contributed by atoms with Gasteiger partial charge in [0.2, 0.25) is 0 Å². The van der Waals surface area contributed by atoms with Crippen LogP contribution in [0.15, 0.2) is 170 Å². The van der Waals surface area contributed by atoms with Gasteiger partial charge in [0.25, 0.3) is 0 Å². The van der Waals surface area contributed by atoms with Crippen molar-refractivity contribution in [3.63, 3.8) is 0 Å². The molecule has 0 saturated heterocycles. The lowest BCUT2D eigenvalue weighted by Crippen LogP contribution is -2.37. The Morgan fingerprint density at radius 3 is 1.68 bits per heavy atom. The number of benzene rings is 7. The van der Waals surface area contributed by atoms with Crippen molar-refractivity contribution in [2.75, 3.05) is 0 Å². The molecule has 5 nitrogen and oxygen atoms in total. The number of hydrogen-bond donors (Lipinski definition) is 0. The van der Waals surface area contributed by atoms with Crippen molar-refractivity contribution >= 4 is 62.6 Å². The van der Waals surface area contributed by atoms with Crippen LogP contribution in [-0.4, -0.2) is 27.2 Å². The van der Waals surface area contributed by atoms with E-state index in [1.165, 1.54) is 43.3 Å². The fourth-order valence-corrected chi connectivity index (χ4v) is 9.23. The van der Waals surface area contributed by atoms with E-state index in [-0.39, 0.29) is 0 Å². The summed E-state index contributed by atoms with van der Waals surface area (Å²) in [4.78, 5) is 13.8. The highest BCUT2D eigenvalue weighted by Gasteiger charge is 2.21. The first-order valence-electron chi connectivity index (χ1n) is 18.9. The zero-order chi connectivity index (χ0) is 38.0. The molecule has 0 fully saturated rings. The van der Waals surface area contributed by atoms with Crippen LogP contribution in [0.25, 0.3) is 93.7 Å². The van der Waals surface area contributed by atoms with Gasteiger partial charge in [0.1, 0.15) is 0 Å². The van der Waals surface area contributed by atoms with Gasteiger partial charge in [-0.3, -0.25) is 0 Å². The maximum absolute atomic E-state index is 7.57. The lowest BCUT2D eigenvalue weighted by molar-refractivity contribution is 1.16. The predicted molar refractivity (Wildman–Crippen MR) is 236 cm³/mol. The number of fused-ring (bicyclic) bond motifs is 6. The van der Waals surface area contributed by atoms with Crippen molar-refractivity contribution in [1.29, 1.82) is 0 Å². The Bertz CT molecular complexity index is 3130. The zero-order valence-electron chi connectivity index (χ0n) is 31.4. The van der Waals surface area contributed by atoms with Crippen LogP contribution in [0.4, 0.5) is 5.69 Å². The Morgan fingerprint density at radius 2 is 1.00 bits per heavy atom. The van der Waals surface area contributed by atoms with Crippen LogP contribution in [0.2, 0.25) is 19.6 Å². The summed E-state index contributed by atoms with van der Waals surface area (Å²) < 4.78 is 4.79. The third kappa shape index (κ3) is 5.60. The van der Waals surface area contributed by atoms with Crippen molar-refractivity contribution in [2.45, 2.75) is 19.6 Å². The molecule has 0 unspecified atom stereocenters. The Morgan fingerprint density at radius 1 is 0.446 bits per heavy atom. The zero-order valence-corrected chi connectivity index (χ0v) is 32.4. The molecular formula is C50H37N5Si. The maximum atomic E-state index is 7.57. The van der Waals surface area contributed by atoms with E-state index in [9.17, 15) is 0 Å². The summed E-state index contributed by atoms with van der Waals surface area (Å²) in [6.07, 6.45) is 0. The topological polar surface area (TPSA) is 40.0 Å². The third-order valence-corrected chi connectivity index (χ3v) is 12.9. The monoisotopic (exact) mass is 735 g/mol. The molecule has 7 aromatic carbocycles. The molecule has 0 atom stereocenters. The number of para-hydroxylation sites is 2. The van der Waals surface area contributed by atoms with Crippen molar-refractivity contribution < 1.29 is 0 Å². The van der Waals surface area contributed by atoms with Gasteiger partial charge >= 0.3 is 0 Å². The summed E-state index contributed by atoms with van der Waals surface area (Å²) in [6.45, 7) is 14.8. The molecule has 3 aromatic heterocycles. The standard InChI is InChI=1S/C50H37N5Si/c1-51-36-16-12-15-35(29-36)45-32-44(33-13-6-5-7-14-33)52-50(53-45)34-21-23-37(24-22-34)54-48-27-25-38(30-42(48)43-31-39(56(2,3)4)26-28-49(43)54)55-46-19-10-8-17-40(46)41-18-9-11-20-47(41)55/h5-32H,2-4H3. The first kappa shape index (κ1) is 33.5. The van der Waals surface area contributed by atoms with Crippen molar-refractivity contribution in [3.05, 3.63) is 181 Å². The second-order valence-electron chi connectivity index (χ2n) is 15.4. The van der Waals surface area contributed by atoms with Crippen LogP contribution >= 0.6 is 0 Å².